The summed E-state index contributed by atoms with van der Waals surface area (Å²) in [5.74, 6) is 0. The molecule has 0 aliphatic carbocycles. The van der Waals surface area contributed by atoms with Crippen LogP contribution in [0.2, 0.25) is 0 Å². The van der Waals surface area contributed by atoms with Crippen molar-refractivity contribution in [2.24, 2.45) is 5.73 Å². The minimum absolute atomic E-state index is 0.248. The van der Waals surface area contributed by atoms with E-state index in [1.54, 1.807) is 0 Å². The van der Waals surface area contributed by atoms with Crippen molar-refractivity contribution in [1.29, 1.82) is 0 Å². The summed E-state index contributed by atoms with van der Waals surface area (Å²) in [5, 5.41) is 0. The maximum Gasteiger partial charge on any atom is 0.0353 e. The van der Waals surface area contributed by atoms with Gasteiger partial charge in [0.15, 0.2) is 0 Å². The zero-order valence-corrected chi connectivity index (χ0v) is 5.88. The standard InChI is InChI=1S/C7H14N2/c1-9-5-3-2-4-7(8)6-9/h2,4,7H,3,5-6,8H2,1H3. The van der Waals surface area contributed by atoms with Crippen LogP contribution in [0.5, 0.6) is 0 Å². The lowest BCUT2D eigenvalue weighted by atomic mass is 10.3. The molecule has 2 N–H and O–H groups in total. The molecular weight excluding hydrogens is 112 g/mol. The van der Waals surface area contributed by atoms with Crippen molar-refractivity contribution < 1.29 is 0 Å². The van der Waals surface area contributed by atoms with Gasteiger partial charge in [-0.2, -0.15) is 0 Å². The van der Waals surface area contributed by atoms with Gasteiger partial charge in [-0.3, -0.25) is 0 Å². The summed E-state index contributed by atoms with van der Waals surface area (Å²) in [6.45, 7) is 2.14. The molecule has 1 heterocycles. The Morgan fingerprint density at radius 2 is 2.44 bits per heavy atom. The first-order valence-corrected chi connectivity index (χ1v) is 3.40. The molecule has 0 bridgehead atoms. The Labute approximate surface area is 56.3 Å². The van der Waals surface area contributed by atoms with E-state index in [9.17, 15) is 0 Å². The number of likely N-dealkylation sites (N-methyl/N-ethyl adjacent to an activating group) is 1. The van der Waals surface area contributed by atoms with Crippen molar-refractivity contribution in [2.75, 3.05) is 20.1 Å². The van der Waals surface area contributed by atoms with E-state index >= 15 is 0 Å². The van der Waals surface area contributed by atoms with Crippen LogP contribution in [0.25, 0.3) is 0 Å². The van der Waals surface area contributed by atoms with Crippen molar-refractivity contribution in [3.63, 3.8) is 0 Å². The molecule has 1 aliphatic rings. The minimum Gasteiger partial charge on any atom is -0.323 e. The third-order valence-electron chi connectivity index (χ3n) is 1.58. The van der Waals surface area contributed by atoms with E-state index in [0.29, 0.717) is 0 Å². The summed E-state index contributed by atoms with van der Waals surface area (Å²) in [5.41, 5.74) is 5.70. The topological polar surface area (TPSA) is 29.3 Å². The lowest BCUT2D eigenvalue weighted by Crippen LogP contribution is -2.32. The monoisotopic (exact) mass is 126 g/mol. The van der Waals surface area contributed by atoms with E-state index in [4.69, 9.17) is 5.73 Å². The van der Waals surface area contributed by atoms with Gasteiger partial charge < -0.3 is 10.6 Å². The molecule has 0 aromatic heterocycles. The molecule has 1 unspecified atom stereocenters. The normalized spacial score (nSPS) is 30.2. The predicted octanol–water partition coefficient (Wildman–Crippen LogP) is 0.205. The smallest absolute Gasteiger partial charge is 0.0353 e. The zero-order valence-electron chi connectivity index (χ0n) is 5.88. The maximum absolute atomic E-state index is 5.70. The fraction of sp³-hybridized carbons (Fsp3) is 0.714. The molecule has 2 nitrogen and oxygen atoms in total. The lowest BCUT2D eigenvalue weighted by molar-refractivity contribution is 0.339. The van der Waals surface area contributed by atoms with Crippen molar-refractivity contribution >= 4 is 0 Å². The molecule has 52 valence electrons. The van der Waals surface area contributed by atoms with Gasteiger partial charge in [-0.1, -0.05) is 12.2 Å². The summed E-state index contributed by atoms with van der Waals surface area (Å²) in [4.78, 5) is 2.25. The van der Waals surface area contributed by atoms with Crippen LogP contribution in [0.4, 0.5) is 0 Å². The molecule has 0 spiro atoms. The SMILES string of the molecule is CN1CCC=CC(N)C1. The Morgan fingerprint density at radius 1 is 1.67 bits per heavy atom. The molecule has 1 atom stereocenters. The molecule has 0 saturated carbocycles. The Bertz CT molecular complexity index is 109. The van der Waals surface area contributed by atoms with Gasteiger partial charge in [0.1, 0.15) is 0 Å². The van der Waals surface area contributed by atoms with Gasteiger partial charge in [0.2, 0.25) is 0 Å². The van der Waals surface area contributed by atoms with Gasteiger partial charge in [0.05, 0.1) is 0 Å². The number of hydrogen-bond acceptors (Lipinski definition) is 2. The number of hydrogen-bond donors (Lipinski definition) is 1. The third kappa shape index (κ3) is 2.16. The van der Waals surface area contributed by atoms with Gasteiger partial charge in [-0.25, -0.2) is 0 Å². The van der Waals surface area contributed by atoms with Crippen LogP contribution < -0.4 is 5.73 Å². The molecule has 2 heteroatoms. The molecule has 0 fully saturated rings. The molecule has 0 amide bonds. The molecule has 1 aliphatic heterocycles. The summed E-state index contributed by atoms with van der Waals surface area (Å²) in [6, 6.07) is 0.248. The second-order valence-corrected chi connectivity index (χ2v) is 2.64. The van der Waals surface area contributed by atoms with E-state index < -0.39 is 0 Å². The van der Waals surface area contributed by atoms with E-state index in [2.05, 4.69) is 24.1 Å². The number of nitrogens with zero attached hydrogens (tertiary/aromatic N) is 1. The van der Waals surface area contributed by atoms with Crippen LogP contribution in [0.1, 0.15) is 6.42 Å². The number of rotatable bonds is 0. The molecule has 0 radical (unpaired) electrons. The van der Waals surface area contributed by atoms with Crippen molar-refractivity contribution in [3.05, 3.63) is 12.2 Å². The highest BCUT2D eigenvalue weighted by molar-refractivity contribution is 4.95. The van der Waals surface area contributed by atoms with Crippen LogP contribution in [0.3, 0.4) is 0 Å². The lowest BCUT2D eigenvalue weighted by Gasteiger charge is -2.14. The van der Waals surface area contributed by atoms with Gasteiger partial charge in [-0.05, 0) is 13.5 Å². The van der Waals surface area contributed by atoms with Crippen LogP contribution in [0.15, 0.2) is 12.2 Å². The highest BCUT2D eigenvalue weighted by atomic mass is 15.1. The predicted molar refractivity (Wildman–Crippen MR) is 39.2 cm³/mol. The second kappa shape index (κ2) is 2.99. The quantitative estimate of drug-likeness (QED) is 0.470. The van der Waals surface area contributed by atoms with Crippen LogP contribution in [0, 0.1) is 0 Å². The van der Waals surface area contributed by atoms with Crippen LogP contribution in [-0.2, 0) is 0 Å². The molecule has 1 rings (SSSR count). The Kier molecular flexibility index (Phi) is 2.25. The first-order valence-electron chi connectivity index (χ1n) is 3.40. The Balaban J connectivity index is 2.40. The van der Waals surface area contributed by atoms with Gasteiger partial charge in [-0.15, -0.1) is 0 Å². The average molecular weight is 126 g/mol. The van der Waals surface area contributed by atoms with E-state index in [-0.39, 0.29) is 6.04 Å². The van der Waals surface area contributed by atoms with Crippen molar-refractivity contribution in [1.82, 2.24) is 4.90 Å². The van der Waals surface area contributed by atoms with Gasteiger partial charge in [0, 0.05) is 19.1 Å². The third-order valence-corrected chi connectivity index (χ3v) is 1.58. The number of nitrogens with two attached hydrogens (primary N) is 1. The van der Waals surface area contributed by atoms with Crippen LogP contribution in [-0.4, -0.2) is 31.1 Å². The summed E-state index contributed by atoms with van der Waals surface area (Å²) in [6.07, 6.45) is 5.39. The minimum atomic E-state index is 0.248. The zero-order chi connectivity index (χ0) is 6.69. The van der Waals surface area contributed by atoms with Gasteiger partial charge in [0.25, 0.3) is 0 Å². The Morgan fingerprint density at radius 3 is 3.22 bits per heavy atom. The molecule has 0 aromatic rings. The molecule has 0 aromatic carbocycles. The highest BCUT2D eigenvalue weighted by Crippen LogP contribution is 1.97. The van der Waals surface area contributed by atoms with Crippen LogP contribution >= 0.6 is 0 Å². The first kappa shape index (κ1) is 6.78. The Hall–Kier alpha value is -0.340. The summed E-state index contributed by atoms with van der Waals surface area (Å²) in [7, 11) is 2.10. The van der Waals surface area contributed by atoms with E-state index in [1.807, 2.05) is 0 Å². The van der Waals surface area contributed by atoms with Crippen molar-refractivity contribution in [2.45, 2.75) is 12.5 Å². The summed E-state index contributed by atoms with van der Waals surface area (Å²) < 4.78 is 0. The highest BCUT2D eigenvalue weighted by Gasteiger charge is 2.04. The molecule has 0 saturated heterocycles. The first-order chi connectivity index (χ1) is 4.29. The van der Waals surface area contributed by atoms with Gasteiger partial charge >= 0.3 is 0 Å². The second-order valence-electron chi connectivity index (χ2n) is 2.64. The largest absolute Gasteiger partial charge is 0.323 e. The fourth-order valence-electron chi connectivity index (χ4n) is 1.08. The van der Waals surface area contributed by atoms with Crippen molar-refractivity contribution in [3.8, 4) is 0 Å². The average Bonchev–Trinajstić information content (AvgIpc) is 1.93. The fourth-order valence-corrected chi connectivity index (χ4v) is 1.08. The molecular formula is C7H14N2. The molecule has 9 heavy (non-hydrogen) atoms. The van der Waals surface area contributed by atoms with E-state index in [1.165, 1.54) is 0 Å². The summed E-state index contributed by atoms with van der Waals surface area (Å²) >= 11 is 0. The van der Waals surface area contributed by atoms with E-state index in [0.717, 1.165) is 19.5 Å². The maximum atomic E-state index is 5.70.